The minimum atomic E-state index is -0.0267. The van der Waals surface area contributed by atoms with Gasteiger partial charge in [-0.3, -0.25) is 9.69 Å². The number of benzene rings is 1. The van der Waals surface area contributed by atoms with E-state index in [1.165, 1.54) is 11.1 Å². The van der Waals surface area contributed by atoms with E-state index in [2.05, 4.69) is 17.0 Å². The van der Waals surface area contributed by atoms with Gasteiger partial charge < -0.3 is 0 Å². The van der Waals surface area contributed by atoms with Crippen molar-refractivity contribution in [2.75, 3.05) is 7.05 Å². The molecule has 0 saturated heterocycles. The van der Waals surface area contributed by atoms with Gasteiger partial charge >= 0.3 is 0 Å². The smallest absolute Gasteiger partial charge is 0.157 e. The lowest BCUT2D eigenvalue weighted by Crippen LogP contribution is -2.27. The van der Waals surface area contributed by atoms with Gasteiger partial charge in [0.15, 0.2) is 5.78 Å². The fourth-order valence-electron chi connectivity index (χ4n) is 2.23. The highest BCUT2D eigenvalue weighted by molar-refractivity contribution is 5.87. The van der Waals surface area contributed by atoms with Gasteiger partial charge in [-0.1, -0.05) is 38.1 Å². The Balaban J connectivity index is 2.38. The van der Waals surface area contributed by atoms with Crippen LogP contribution < -0.4 is 0 Å². The van der Waals surface area contributed by atoms with Crippen LogP contribution in [-0.2, 0) is 11.3 Å². The number of Topliss-reactive ketones (excluding diaryl/α,β-unsaturated/α-hetero) is 1. The number of nitrogens with zero attached hydrogens (tertiary/aromatic N) is 1. The van der Waals surface area contributed by atoms with Crippen LogP contribution in [0.5, 0.6) is 0 Å². The van der Waals surface area contributed by atoms with Crippen molar-refractivity contribution < 1.29 is 4.79 Å². The SMILES string of the molecule is CC(C)C(=O)C1c2ccccc2CN1C. The predicted octanol–water partition coefficient (Wildman–Crippen LogP) is 2.40. The average molecular weight is 203 g/mol. The molecule has 1 atom stereocenters. The molecule has 0 aliphatic carbocycles. The minimum Gasteiger partial charge on any atom is -0.297 e. The molecular formula is C13H17NO. The van der Waals surface area contributed by atoms with Gasteiger partial charge in [-0.05, 0) is 18.2 Å². The number of rotatable bonds is 2. The molecule has 2 rings (SSSR count). The molecule has 1 aromatic carbocycles. The van der Waals surface area contributed by atoms with Crippen molar-refractivity contribution >= 4 is 5.78 Å². The standard InChI is InChI=1S/C13H17NO/c1-9(2)13(15)12-11-7-5-4-6-10(11)8-14(12)3/h4-7,9,12H,8H2,1-3H3. The molecule has 0 saturated carbocycles. The maximum Gasteiger partial charge on any atom is 0.157 e. The topological polar surface area (TPSA) is 20.3 Å². The van der Waals surface area contributed by atoms with Gasteiger partial charge in [0.05, 0.1) is 6.04 Å². The number of ketones is 1. The fraction of sp³-hybridized carbons (Fsp3) is 0.462. The quantitative estimate of drug-likeness (QED) is 0.735. The normalized spacial score (nSPS) is 20.7. The van der Waals surface area contributed by atoms with Gasteiger partial charge in [-0.25, -0.2) is 0 Å². The fourth-order valence-corrected chi connectivity index (χ4v) is 2.23. The van der Waals surface area contributed by atoms with Crippen LogP contribution in [0.25, 0.3) is 0 Å². The van der Waals surface area contributed by atoms with E-state index >= 15 is 0 Å². The van der Waals surface area contributed by atoms with Crippen LogP contribution in [0.4, 0.5) is 0 Å². The Morgan fingerprint density at radius 3 is 2.73 bits per heavy atom. The third-order valence-electron chi connectivity index (χ3n) is 3.05. The van der Waals surface area contributed by atoms with E-state index in [-0.39, 0.29) is 12.0 Å². The van der Waals surface area contributed by atoms with Crippen molar-refractivity contribution in [3.05, 3.63) is 35.4 Å². The summed E-state index contributed by atoms with van der Waals surface area (Å²) >= 11 is 0. The number of fused-ring (bicyclic) bond motifs is 1. The molecule has 2 nitrogen and oxygen atoms in total. The third kappa shape index (κ3) is 1.70. The first kappa shape index (κ1) is 10.4. The summed E-state index contributed by atoms with van der Waals surface area (Å²) in [5.41, 5.74) is 2.48. The maximum absolute atomic E-state index is 12.1. The summed E-state index contributed by atoms with van der Waals surface area (Å²) in [6.45, 7) is 4.83. The van der Waals surface area contributed by atoms with Gasteiger partial charge in [0.1, 0.15) is 0 Å². The number of carbonyl (C=O) groups is 1. The largest absolute Gasteiger partial charge is 0.297 e. The molecule has 0 fully saturated rings. The maximum atomic E-state index is 12.1. The summed E-state index contributed by atoms with van der Waals surface area (Å²) in [5, 5.41) is 0. The molecule has 1 unspecified atom stereocenters. The zero-order chi connectivity index (χ0) is 11.0. The first-order valence-electron chi connectivity index (χ1n) is 5.43. The summed E-state index contributed by atoms with van der Waals surface area (Å²) < 4.78 is 0. The highest BCUT2D eigenvalue weighted by Crippen LogP contribution is 2.34. The molecule has 0 N–H and O–H groups in total. The Kier molecular flexibility index (Phi) is 2.61. The van der Waals surface area contributed by atoms with Crippen LogP contribution in [0.1, 0.15) is 31.0 Å². The molecule has 1 heterocycles. The van der Waals surface area contributed by atoms with Crippen molar-refractivity contribution in [3.8, 4) is 0 Å². The summed E-state index contributed by atoms with van der Waals surface area (Å²) in [7, 11) is 2.02. The monoisotopic (exact) mass is 203 g/mol. The molecule has 1 aliphatic heterocycles. The van der Waals surface area contributed by atoms with Gasteiger partial charge in [-0.2, -0.15) is 0 Å². The van der Waals surface area contributed by atoms with Crippen molar-refractivity contribution in [3.63, 3.8) is 0 Å². The van der Waals surface area contributed by atoms with Crippen LogP contribution in [0.15, 0.2) is 24.3 Å². The van der Waals surface area contributed by atoms with E-state index in [1.54, 1.807) is 0 Å². The van der Waals surface area contributed by atoms with E-state index in [1.807, 2.05) is 33.0 Å². The van der Waals surface area contributed by atoms with Gasteiger partial charge in [0.25, 0.3) is 0 Å². The second-order valence-corrected chi connectivity index (χ2v) is 4.57. The molecule has 15 heavy (non-hydrogen) atoms. The summed E-state index contributed by atoms with van der Waals surface area (Å²) in [4.78, 5) is 14.2. The van der Waals surface area contributed by atoms with E-state index in [0.717, 1.165) is 6.54 Å². The molecule has 80 valence electrons. The number of likely N-dealkylation sites (N-methyl/N-ethyl adjacent to an activating group) is 1. The van der Waals surface area contributed by atoms with E-state index in [4.69, 9.17) is 0 Å². The molecule has 0 aromatic heterocycles. The van der Waals surface area contributed by atoms with Crippen LogP contribution >= 0.6 is 0 Å². The Labute approximate surface area is 90.9 Å². The second kappa shape index (κ2) is 3.78. The summed E-state index contributed by atoms with van der Waals surface area (Å²) in [6, 6.07) is 8.21. The lowest BCUT2D eigenvalue weighted by Gasteiger charge is -2.20. The number of hydrogen-bond donors (Lipinski definition) is 0. The summed E-state index contributed by atoms with van der Waals surface area (Å²) in [6.07, 6.45) is 0. The average Bonchev–Trinajstić information content (AvgIpc) is 2.52. The molecule has 2 heteroatoms. The van der Waals surface area contributed by atoms with Crippen LogP contribution in [0.2, 0.25) is 0 Å². The Hall–Kier alpha value is -1.15. The lowest BCUT2D eigenvalue weighted by atomic mass is 9.95. The van der Waals surface area contributed by atoms with Crippen LogP contribution in [0, 0.1) is 5.92 Å². The van der Waals surface area contributed by atoms with E-state index in [0.29, 0.717) is 5.78 Å². The van der Waals surface area contributed by atoms with Gasteiger partial charge in [0.2, 0.25) is 0 Å². The van der Waals surface area contributed by atoms with Crippen molar-refractivity contribution in [2.45, 2.75) is 26.4 Å². The van der Waals surface area contributed by atoms with Crippen molar-refractivity contribution in [1.29, 1.82) is 0 Å². The predicted molar refractivity (Wildman–Crippen MR) is 60.5 cm³/mol. The second-order valence-electron chi connectivity index (χ2n) is 4.57. The van der Waals surface area contributed by atoms with E-state index < -0.39 is 0 Å². The first-order chi connectivity index (χ1) is 7.11. The van der Waals surface area contributed by atoms with E-state index in [9.17, 15) is 4.79 Å². The number of hydrogen-bond acceptors (Lipinski definition) is 2. The van der Waals surface area contributed by atoms with Gasteiger partial charge in [-0.15, -0.1) is 0 Å². The molecule has 1 aliphatic rings. The highest BCUT2D eigenvalue weighted by Gasteiger charge is 2.33. The Morgan fingerprint density at radius 2 is 2.07 bits per heavy atom. The molecule has 0 spiro atoms. The van der Waals surface area contributed by atoms with Crippen LogP contribution in [-0.4, -0.2) is 17.7 Å². The summed E-state index contributed by atoms with van der Waals surface area (Å²) in [5.74, 6) is 0.422. The van der Waals surface area contributed by atoms with Crippen molar-refractivity contribution in [2.24, 2.45) is 5.92 Å². The lowest BCUT2D eigenvalue weighted by molar-refractivity contribution is -0.126. The van der Waals surface area contributed by atoms with Crippen molar-refractivity contribution in [1.82, 2.24) is 4.90 Å². The first-order valence-corrected chi connectivity index (χ1v) is 5.43. The molecule has 0 amide bonds. The van der Waals surface area contributed by atoms with Gasteiger partial charge in [0, 0.05) is 12.5 Å². The molecule has 0 bridgehead atoms. The highest BCUT2D eigenvalue weighted by atomic mass is 16.1. The molecular weight excluding hydrogens is 186 g/mol. The molecule has 0 radical (unpaired) electrons. The molecule has 1 aromatic rings. The zero-order valence-electron chi connectivity index (χ0n) is 9.53. The Bertz CT molecular complexity index is 384. The Morgan fingerprint density at radius 1 is 1.40 bits per heavy atom. The zero-order valence-corrected chi connectivity index (χ0v) is 9.53. The minimum absolute atomic E-state index is 0.0267. The van der Waals surface area contributed by atoms with Crippen LogP contribution in [0.3, 0.4) is 0 Å². The third-order valence-corrected chi connectivity index (χ3v) is 3.05. The number of carbonyl (C=O) groups excluding carboxylic acids is 1.